The number of hydrogen-bond donors (Lipinski definition) is 2. The summed E-state index contributed by atoms with van der Waals surface area (Å²) in [4.78, 5) is 22.8. The number of aliphatic carboxylic acids is 1. The monoisotopic (exact) mass is 333 g/mol. The zero-order chi connectivity index (χ0) is 15.7. The largest absolute Gasteiger partial charge is 0.481 e. The van der Waals surface area contributed by atoms with Gasteiger partial charge in [0.25, 0.3) is 0 Å². The number of carbonyl (C=O) groups is 2. The maximum absolute atomic E-state index is 11.7. The van der Waals surface area contributed by atoms with E-state index in [-0.39, 0.29) is 12.5 Å². The molecule has 1 rings (SSSR count). The molecule has 0 aromatic carbocycles. The fraction of sp³-hybridized carbons (Fsp3) is 0.867. The van der Waals surface area contributed by atoms with Gasteiger partial charge in [-0.2, -0.15) is 0 Å². The van der Waals surface area contributed by atoms with Crippen LogP contribution < -0.4 is 5.32 Å². The first kappa shape index (κ1) is 18.7. The van der Waals surface area contributed by atoms with Crippen molar-refractivity contribution in [2.45, 2.75) is 57.6 Å². The molecule has 4 nitrogen and oxygen atoms in total. The van der Waals surface area contributed by atoms with Gasteiger partial charge in [0.2, 0.25) is 5.91 Å². The smallest absolute Gasteiger partial charge is 0.308 e. The molecule has 122 valence electrons. The van der Waals surface area contributed by atoms with Crippen molar-refractivity contribution in [3.05, 3.63) is 0 Å². The molecule has 1 aliphatic rings. The number of carboxylic acids is 1. The lowest BCUT2D eigenvalue weighted by atomic mass is 9.97. The van der Waals surface area contributed by atoms with Crippen molar-refractivity contribution in [3.63, 3.8) is 0 Å². The van der Waals surface area contributed by atoms with E-state index >= 15 is 0 Å². The van der Waals surface area contributed by atoms with E-state index in [9.17, 15) is 9.59 Å². The number of amides is 1. The maximum atomic E-state index is 11.7. The third-order valence-electron chi connectivity index (χ3n) is 3.56. The normalized spacial score (nSPS) is 19.7. The summed E-state index contributed by atoms with van der Waals surface area (Å²) in [7, 11) is 3.92. The predicted molar refractivity (Wildman–Crippen MR) is 90.5 cm³/mol. The average molecular weight is 334 g/mol. The first-order valence-electron chi connectivity index (χ1n) is 7.76. The molecule has 2 atom stereocenters. The van der Waals surface area contributed by atoms with Crippen molar-refractivity contribution in [2.24, 2.45) is 11.8 Å². The zero-order valence-corrected chi connectivity index (χ0v) is 14.6. The van der Waals surface area contributed by atoms with Crippen LogP contribution in [0.3, 0.4) is 0 Å². The Morgan fingerprint density at radius 3 is 2.67 bits per heavy atom. The van der Waals surface area contributed by atoms with Crippen molar-refractivity contribution in [2.75, 3.05) is 12.3 Å². The summed E-state index contributed by atoms with van der Waals surface area (Å²) < 4.78 is 0. The molecule has 1 amide bonds. The summed E-state index contributed by atoms with van der Waals surface area (Å²) in [5.74, 6) is 0.270. The highest BCUT2D eigenvalue weighted by Gasteiger charge is 2.19. The minimum absolute atomic E-state index is 0.0153. The minimum Gasteiger partial charge on any atom is -0.481 e. The summed E-state index contributed by atoms with van der Waals surface area (Å²) in [5.41, 5.74) is 0. The molecule has 1 fully saturated rings. The van der Waals surface area contributed by atoms with Gasteiger partial charge in [-0.3, -0.25) is 9.59 Å². The van der Waals surface area contributed by atoms with E-state index in [0.29, 0.717) is 18.8 Å². The van der Waals surface area contributed by atoms with E-state index in [1.807, 2.05) is 35.4 Å². The van der Waals surface area contributed by atoms with E-state index < -0.39 is 11.9 Å². The fourth-order valence-electron chi connectivity index (χ4n) is 2.39. The van der Waals surface area contributed by atoms with E-state index in [1.54, 1.807) is 0 Å². The van der Waals surface area contributed by atoms with Crippen LogP contribution in [0.5, 0.6) is 0 Å². The average Bonchev–Trinajstić information content (AvgIpc) is 2.92. The lowest BCUT2D eigenvalue weighted by molar-refractivity contribution is -0.142. The third-order valence-corrected chi connectivity index (χ3v) is 6.56. The maximum Gasteiger partial charge on any atom is 0.308 e. The summed E-state index contributed by atoms with van der Waals surface area (Å²) in [5, 5.41) is 12.6. The SMILES string of the molecule is CC(C)CC(CNC(=O)CCCCC1CCSS1)C(=O)O. The van der Waals surface area contributed by atoms with Crippen LogP contribution in [-0.4, -0.2) is 34.5 Å². The molecule has 0 aromatic rings. The van der Waals surface area contributed by atoms with Gasteiger partial charge in [-0.25, -0.2) is 0 Å². The van der Waals surface area contributed by atoms with Crippen molar-refractivity contribution in [3.8, 4) is 0 Å². The third kappa shape index (κ3) is 8.61. The van der Waals surface area contributed by atoms with E-state index in [4.69, 9.17) is 5.11 Å². The van der Waals surface area contributed by atoms with Crippen LogP contribution in [0.1, 0.15) is 52.4 Å². The Bertz CT molecular complexity index is 331. The highest BCUT2D eigenvalue weighted by Crippen LogP contribution is 2.39. The van der Waals surface area contributed by atoms with Crippen molar-refractivity contribution >= 4 is 33.5 Å². The lowest BCUT2D eigenvalue weighted by Crippen LogP contribution is -2.33. The topological polar surface area (TPSA) is 66.4 Å². The van der Waals surface area contributed by atoms with Crippen molar-refractivity contribution < 1.29 is 14.7 Å². The number of carboxylic acid groups (broad SMARTS) is 1. The molecular weight excluding hydrogens is 306 g/mol. The van der Waals surface area contributed by atoms with Crippen LogP contribution in [0, 0.1) is 11.8 Å². The summed E-state index contributed by atoms with van der Waals surface area (Å²) in [6.07, 6.45) is 5.58. The number of unbranched alkanes of at least 4 members (excludes halogenated alkanes) is 1. The Hall–Kier alpha value is -0.360. The predicted octanol–water partition coefficient (Wildman–Crippen LogP) is 3.56. The Kier molecular flexibility index (Phi) is 9.24. The van der Waals surface area contributed by atoms with Crippen LogP contribution in [-0.2, 0) is 9.59 Å². The summed E-state index contributed by atoms with van der Waals surface area (Å²) in [6.45, 7) is 4.25. The van der Waals surface area contributed by atoms with Crippen LogP contribution in [0.2, 0.25) is 0 Å². The van der Waals surface area contributed by atoms with Crippen LogP contribution in [0.25, 0.3) is 0 Å². The fourth-order valence-corrected chi connectivity index (χ4v) is 5.42. The molecule has 1 saturated heterocycles. The van der Waals surface area contributed by atoms with Crippen molar-refractivity contribution in [1.29, 1.82) is 0 Å². The van der Waals surface area contributed by atoms with Gasteiger partial charge in [0.05, 0.1) is 5.92 Å². The Labute approximate surface area is 135 Å². The molecule has 1 aliphatic heterocycles. The van der Waals surface area contributed by atoms with Gasteiger partial charge in [0, 0.05) is 24.0 Å². The quantitative estimate of drug-likeness (QED) is 0.473. The first-order valence-corrected chi connectivity index (χ1v) is 10.1. The van der Waals surface area contributed by atoms with Gasteiger partial charge in [-0.05, 0) is 31.6 Å². The molecular formula is C15H27NO3S2. The summed E-state index contributed by atoms with van der Waals surface area (Å²) >= 11 is 0. The highest BCUT2D eigenvalue weighted by molar-refractivity contribution is 8.77. The van der Waals surface area contributed by atoms with Gasteiger partial charge in [-0.15, -0.1) is 0 Å². The molecule has 0 aliphatic carbocycles. The molecule has 21 heavy (non-hydrogen) atoms. The second-order valence-electron chi connectivity index (χ2n) is 6.04. The van der Waals surface area contributed by atoms with Gasteiger partial charge >= 0.3 is 5.97 Å². The number of hydrogen-bond acceptors (Lipinski definition) is 4. The van der Waals surface area contributed by atoms with Gasteiger partial charge in [0.15, 0.2) is 0 Å². The van der Waals surface area contributed by atoms with Gasteiger partial charge in [0.1, 0.15) is 0 Å². The molecule has 0 saturated carbocycles. The molecule has 0 radical (unpaired) electrons. The Morgan fingerprint density at radius 1 is 1.33 bits per heavy atom. The summed E-state index contributed by atoms with van der Waals surface area (Å²) in [6, 6.07) is 0. The van der Waals surface area contributed by atoms with E-state index in [1.165, 1.54) is 18.6 Å². The standard InChI is InChI=1S/C15H27NO3S2/c1-11(2)9-12(15(18)19)10-16-14(17)6-4-3-5-13-7-8-20-21-13/h11-13H,3-10H2,1-2H3,(H,16,17)(H,18,19). The van der Waals surface area contributed by atoms with E-state index in [0.717, 1.165) is 18.1 Å². The molecule has 0 spiro atoms. The number of rotatable bonds is 10. The Balaban J connectivity index is 2.09. The second kappa shape index (κ2) is 10.4. The molecule has 0 aromatic heterocycles. The van der Waals surface area contributed by atoms with Crippen molar-refractivity contribution in [1.82, 2.24) is 5.32 Å². The van der Waals surface area contributed by atoms with Gasteiger partial charge in [-0.1, -0.05) is 41.9 Å². The van der Waals surface area contributed by atoms with E-state index in [2.05, 4.69) is 5.32 Å². The second-order valence-corrected chi connectivity index (χ2v) is 8.83. The number of carbonyl (C=O) groups excluding carboxylic acids is 1. The minimum atomic E-state index is -0.820. The van der Waals surface area contributed by atoms with Crippen LogP contribution in [0.4, 0.5) is 0 Å². The highest BCUT2D eigenvalue weighted by atomic mass is 33.1. The molecule has 6 heteroatoms. The lowest BCUT2D eigenvalue weighted by Gasteiger charge is -2.15. The van der Waals surface area contributed by atoms with Crippen LogP contribution >= 0.6 is 21.6 Å². The molecule has 1 heterocycles. The first-order chi connectivity index (χ1) is 9.99. The van der Waals surface area contributed by atoms with Crippen LogP contribution in [0.15, 0.2) is 0 Å². The zero-order valence-electron chi connectivity index (χ0n) is 13.0. The Morgan fingerprint density at radius 2 is 2.10 bits per heavy atom. The molecule has 2 N–H and O–H groups in total. The molecule has 0 bridgehead atoms. The molecule has 2 unspecified atom stereocenters. The van der Waals surface area contributed by atoms with Gasteiger partial charge < -0.3 is 10.4 Å². The number of nitrogens with one attached hydrogen (secondary N) is 1.